The third-order valence-electron chi connectivity index (χ3n) is 6.09. The number of para-hydroxylation sites is 2. The fourth-order valence-electron chi connectivity index (χ4n) is 4.15. The highest BCUT2D eigenvalue weighted by Gasteiger charge is 2.16. The lowest BCUT2D eigenvalue weighted by molar-refractivity contribution is -0.140. The zero-order valence-electron chi connectivity index (χ0n) is 18.9. The number of hydrogen-bond acceptors (Lipinski definition) is 3. The number of carboxylic acids is 1. The number of fused-ring (bicyclic) bond motifs is 3. The standard InChI is InChI=1S/C29H22F2O3S/c1-17(29(32)33)15-35-16-20-13-18(10-12-25(20)30)19-9-11-21(26(31)14-19)23-6-4-7-24-22-5-2-3-8-27(22)34-28(23)24/h2-14,17H,15-16H2,1H3,(H,32,33). The fourth-order valence-corrected chi connectivity index (χ4v) is 5.21. The molecule has 176 valence electrons. The molecule has 0 bridgehead atoms. The van der Waals surface area contributed by atoms with Gasteiger partial charge in [0.1, 0.15) is 22.8 Å². The quantitative estimate of drug-likeness (QED) is 0.251. The van der Waals surface area contributed by atoms with E-state index in [1.807, 2.05) is 48.5 Å². The van der Waals surface area contributed by atoms with E-state index in [9.17, 15) is 9.18 Å². The summed E-state index contributed by atoms with van der Waals surface area (Å²) in [6, 6.07) is 23.1. The number of hydrogen-bond donors (Lipinski definition) is 1. The van der Waals surface area contributed by atoms with Gasteiger partial charge in [-0.1, -0.05) is 61.5 Å². The van der Waals surface area contributed by atoms with Crippen molar-refractivity contribution < 1.29 is 23.1 Å². The van der Waals surface area contributed by atoms with E-state index < -0.39 is 17.7 Å². The Morgan fingerprint density at radius 2 is 1.63 bits per heavy atom. The number of thioether (sulfide) groups is 1. The van der Waals surface area contributed by atoms with Crippen molar-refractivity contribution in [3.05, 3.63) is 96.1 Å². The minimum absolute atomic E-state index is 0.339. The predicted octanol–water partition coefficient (Wildman–Crippen LogP) is 8.15. The van der Waals surface area contributed by atoms with Gasteiger partial charge in [-0.2, -0.15) is 11.8 Å². The van der Waals surface area contributed by atoms with Gasteiger partial charge in [0.05, 0.1) is 5.92 Å². The van der Waals surface area contributed by atoms with Crippen LogP contribution >= 0.6 is 11.8 Å². The number of furan rings is 1. The Hall–Kier alpha value is -3.64. The summed E-state index contributed by atoms with van der Waals surface area (Å²) in [5.74, 6) is -1.42. The van der Waals surface area contributed by atoms with Crippen molar-refractivity contribution in [3.63, 3.8) is 0 Å². The smallest absolute Gasteiger partial charge is 0.307 e. The Balaban J connectivity index is 1.46. The van der Waals surface area contributed by atoms with E-state index >= 15 is 4.39 Å². The van der Waals surface area contributed by atoms with E-state index in [-0.39, 0.29) is 5.82 Å². The van der Waals surface area contributed by atoms with Gasteiger partial charge in [-0.05, 0) is 41.0 Å². The minimum atomic E-state index is -0.874. The normalized spacial score (nSPS) is 12.3. The Bertz CT molecular complexity index is 1560. The van der Waals surface area contributed by atoms with Gasteiger partial charge in [0.2, 0.25) is 0 Å². The molecule has 1 aromatic heterocycles. The predicted molar refractivity (Wildman–Crippen MR) is 137 cm³/mol. The molecule has 0 aliphatic heterocycles. The molecule has 0 fully saturated rings. The molecule has 3 nitrogen and oxygen atoms in total. The molecule has 0 spiro atoms. The first-order valence-corrected chi connectivity index (χ1v) is 12.4. The van der Waals surface area contributed by atoms with E-state index in [1.54, 1.807) is 25.1 Å². The first-order valence-electron chi connectivity index (χ1n) is 11.2. The molecule has 1 heterocycles. The summed E-state index contributed by atoms with van der Waals surface area (Å²) in [5, 5.41) is 10.9. The molecule has 0 radical (unpaired) electrons. The number of halogens is 2. The molecule has 1 atom stereocenters. The van der Waals surface area contributed by atoms with E-state index in [0.717, 1.165) is 16.4 Å². The number of carbonyl (C=O) groups is 1. The molecule has 1 N–H and O–H groups in total. The maximum atomic E-state index is 15.4. The third-order valence-corrected chi connectivity index (χ3v) is 7.34. The van der Waals surface area contributed by atoms with E-state index in [4.69, 9.17) is 9.52 Å². The number of benzene rings is 4. The first-order chi connectivity index (χ1) is 16.9. The highest BCUT2D eigenvalue weighted by atomic mass is 32.2. The van der Waals surface area contributed by atoms with Crippen LogP contribution < -0.4 is 0 Å². The van der Waals surface area contributed by atoms with Crippen molar-refractivity contribution in [3.8, 4) is 22.3 Å². The van der Waals surface area contributed by atoms with Crippen LogP contribution in [-0.2, 0) is 10.5 Å². The van der Waals surface area contributed by atoms with Gasteiger partial charge in [0.15, 0.2) is 0 Å². The zero-order valence-corrected chi connectivity index (χ0v) is 19.7. The van der Waals surface area contributed by atoms with Gasteiger partial charge in [-0.15, -0.1) is 0 Å². The van der Waals surface area contributed by atoms with Gasteiger partial charge in [-0.25, -0.2) is 8.78 Å². The molecule has 0 amide bonds. The second-order valence-electron chi connectivity index (χ2n) is 8.54. The van der Waals surface area contributed by atoms with Gasteiger partial charge in [0, 0.05) is 33.4 Å². The lowest BCUT2D eigenvalue weighted by atomic mass is 9.97. The fraction of sp³-hybridized carbons (Fsp3) is 0.138. The highest BCUT2D eigenvalue weighted by Crippen LogP contribution is 2.37. The third kappa shape index (κ3) is 4.54. The van der Waals surface area contributed by atoms with Crippen LogP contribution in [-0.4, -0.2) is 16.8 Å². The van der Waals surface area contributed by atoms with Crippen LogP contribution in [0.25, 0.3) is 44.2 Å². The average molecular weight is 489 g/mol. The van der Waals surface area contributed by atoms with Crippen molar-refractivity contribution in [2.75, 3.05) is 5.75 Å². The van der Waals surface area contributed by atoms with Crippen LogP contribution in [0.5, 0.6) is 0 Å². The summed E-state index contributed by atoms with van der Waals surface area (Å²) >= 11 is 1.36. The Morgan fingerprint density at radius 3 is 2.43 bits per heavy atom. The van der Waals surface area contributed by atoms with Crippen molar-refractivity contribution in [2.24, 2.45) is 5.92 Å². The van der Waals surface area contributed by atoms with Crippen LogP contribution in [0, 0.1) is 17.6 Å². The minimum Gasteiger partial charge on any atom is -0.481 e. The number of rotatable bonds is 7. The largest absolute Gasteiger partial charge is 0.481 e. The first kappa shape index (κ1) is 23.1. The summed E-state index contributed by atoms with van der Waals surface area (Å²) in [5.41, 5.74) is 4.28. The maximum absolute atomic E-state index is 15.4. The maximum Gasteiger partial charge on any atom is 0.307 e. The van der Waals surface area contributed by atoms with Crippen LogP contribution in [0.2, 0.25) is 0 Å². The number of carboxylic acid groups (broad SMARTS) is 1. The molecule has 4 aromatic carbocycles. The SMILES string of the molecule is CC(CSCc1cc(-c2ccc(-c3cccc4c3oc3ccccc34)c(F)c2)ccc1F)C(=O)O. The van der Waals surface area contributed by atoms with Crippen LogP contribution in [0.4, 0.5) is 8.78 Å². The second kappa shape index (κ2) is 9.55. The highest BCUT2D eigenvalue weighted by molar-refractivity contribution is 7.98. The van der Waals surface area contributed by atoms with Gasteiger partial charge in [-0.3, -0.25) is 4.79 Å². The monoisotopic (exact) mass is 488 g/mol. The summed E-state index contributed by atoms with van der Waals surface area (Å²) in [6.45, 7) is 1.62. The van der Waals surface area contributed by atoms with Crippen LogP contribution in [0.1, 0.15) is 12.5 Å². The Morgan fingerprint density at radius 1 is 0.886 bits per heavy atom. The molecule has 0 aliphatic rings. The van der Waals surface area contributed by atoms with E-state index in [0.29, 0.717) is 44.9 Å². The zero-order chi connectivity index (χ0) is 24.5. The Labute approximate surface area is 205 Å². The summed E-state index contributed by atoms with van der Waals surface area (Å²) in [6.07, 6.45) is 0. The molecule has 0 aliphatic carbocycles. The summed E-state index contributed by atoms with van der Waals surface area (Å²) in [4.78, 5) is 11.0. The van der Waals surface area contributed by atoms with Crippen molar-refractivity contribution >= 4 is 39.7 Å². The molecule has 5 rings (SSSR count). The van der Waals surface area contributed by atoms with Gasteiger partial charge >= 0.3 is 5.97 Å². The van der Waals surface area contributed by atoms with E-state index in [2.05, 4.69) is 0 Å². The summed E-state index contributed by atoms with van der Waals surface area (Å²) < 4.78 is 35.8. The molecule has 35 heavy (non-hydrogen) atoms. The molecule has 5 aromatic rings. The molecule has 1 unspecified atom stereocenters. The van der Waals surface area contributed by atoms with Crippen molar-refractivity contribution in [1.82, 2.24) is 0 Å². The molecule has 0 saturated carbocycles. The van der Waals surface area contributed by atoms with Crippen molar-refractivity contribution in [2.45, 2.75) is 12.7 Å². The molecular formula is C29H22F2O3S. The Kier molecular flexibility index (Phi) is 6.31. The summed E-state index contributed by atoms with van der Waals surface area (Å²) in [7, 11) is 0. The van der Waals surface area contributed by atoms with Crippen LogP contribution in [0.3, 0.4) is 0 Å². The van der Waals surface area contributed by atoms with Crippen LogP contribution in [0.15, 0.2) is 83.3 Å². The van der Waals surface area contributed by atoms with E-state index in [1.165, 1.54) is 23.9 Å². The molecule has 0 saturated heterocycles. The lowest BCUT2D eigenvalue weighted by Crippen LogP contribution is -2.11. The van der Waals surface area contributed by atoms with Crippen molar-refractivity contribution in [1.29, 1.82) is 0 Å². The molecular weight excluding hydrogens is 466 g/mol. The molecule has 6 heteroatoms. The number of aliphatic carboxylic acids is 1. The average Bonchev–Trinajstić information content (AvgIpc) is 3.24. The van der Waals surface area contributed by atoms with Gasteiger partial charge in [0.25, 0.3) is 0 Å². The second-order valence-corrected chi connectivity index (χ2v) is 9.57. The topological polar surface area (TPSA) is 50.4 Å². The lowest BCUT2D eigenvalue weighted by Gasteiger charge is -2.10. The van der Waals surface area contributed by atoms with Gasteiger partial charge < -0.3 is 9.52 Å².